The fourth-order valence-electron chi connectivity index (χ4n) is 5.56. The molecule has 2 unspecified atom stereocenters. The van der Waals surface area contributed by atoms with Gasteiger partial charge in [-0.3, -0.25) is 19.3 Å². The van der Waals surface area contributed by atoms with Crippen molar-refractivity contribution in [3.63, 3.8) is 0 Å². The van der Waals surface area contributed by atoms with Crippen molar-refractivity contribution in [1.82, 2.24) is 20.4 Å². The summed E-state index contributed by atoms with van der Waals surface area (Å²) < 4.78 is 0. The summed E-state index contributed by atoms with van der Waals surface area (Å²) in [5, 5.41) is 19.2. The first-order valence-corrected chi connectivity index (χ1v) is 15.4. The van der Waals surface area contributed by atoms with Gasteiger partial charge in [-0.15, -0.1) is 0 Å². The molecule has 0 bridgehead atoms. The van der Waals surface area contributed by atoms with Crippen LogP contribution in [0, 0.1) is 11.3 Å². The number of nitrogens with one attached hydrogen (secondary N) is 3. The van der Waals surface area contributed by atoms with E-state index in [9.17, 15) is 19.6 Å². The third-order valence-corrected chi connectivity index (χ3v) is 9.13. The zero-order valence-electron chi connectivity index (χ0n) is 23.8. The van der Waals surface area contributed by atoms with Crippen LogP contribution < -0.4 is 16.0 Å². The van der Waals surface area contributed by atoms with Crippen LogP contribution in [0.25, 0.3) is 0 Å². The molecule has 5 rings (SSSR count). The van der Waals surface area contributed by atoms with Gasteiger partial charge in [-0.2, -0.15) is 5.26 Å². The molecule has 2 heterocycles. The molecule has 0 spiro atoms. The van der Waals surface area contributed by atoms with Crippen LogP contribution in [-0.2, 0) is 16.0 Å². The largest absolute Gasteiger partial charge is 0.383 e. The van der Waals surface area contributed by atoms with Crippen LogP contribution in [0.2, 0.25) is 0 Å². The Kier molecular flexibility index (Phi) is 9.62. The number of anilines is 1. The number of thioether (sulfide) groups is 1. The van der Waals surface area contributed by atoms with Crippen molar-refractivity contribution in [2.75, 3.05) is 44.6 Å². The predicted molar refractivity (Wildman–Crippen MR) is 165 cm³/mol. The predicted octanol–water partition coefficient (Wildman–Crippen LogP) is 3.59. The Labute approximate surface area is 251 Å². The number of rotatable bonds is 10. The van der Waals surface area contributed by atoms with E-state index in [1.165, 1.54) is 22.2 Å². The van der Waals surface area contributed by atoms with E-state index in [1.54, 1.807) is 12.1 Å². The lowest BCUT2D eigenvalue weighted by molar-refractivity contribution is -0.127. The summed E-state index contributed by atoms with van der Waals surface area (Å²) >= 11 is 1.24. The fraction of sp³-hybridized carbons (Fsp3) is 0.375. The molecule has 2 aromatic rings. The summed E-state index contributed by atoms with van der Waals surface area (Å²) in [5.41, 5.74) is 3.62. The van der Waals surface area contributed by atoms with Crippen molar-refractivity contribution in [3.8, 4) is 6.07 Å². The molecule has 10 heteroatoms. The van der Waals surface area contributed by atoms with Crippen molar-refractivity contribution in [1.29, 1.82) is 5.26 Å². The molecule has 0 saturated carbocycles. The quantitative estimate of drug-likeness (QED) is 0.222. The van der Waals surface area contributed by atoms with Crippen molar-refractivity contribution in [2.45, 2.75) is 37.5 Å². The second kappa shape index (κ2) is 13.7. The zero-order valence-corrected chi connectivity index (χ0v) is 24.6. The molecule has 1 saturated heterocycles. The average molecular weight is 585 g/mol. The maximum Gasteiger partial charge on any atom is 0.265 e. The maximum atomic E-state index is 13.3. The number of aryl methyl sites for hydroxylation is 1. The molecule has 0 radical (unpaired) electrons. The monoisotopic (exact) mass is 584 g/mol. The molecule has 2 aliphatic heterocycles. The number of amides is 3. The molecule has 2 aromatic carbocycles. The molecule has 3 amide bonds. The van der Waals surface area contributed by atoms with Crippen molar-refractivity contribution in [2.24, 2.45) is 0 Å². The van der Waals surface area contributed by atoms with Gasteiger partial charge in [0.15, 0.2) is 0 Å². The topological polar surface area (TPSA) is 118 Å². The maximum absolute atomic E-state index is 13.3. The number of fused-ring (bicyclic) bond motifs is 1. The van der Waals surface area contributed by atoms with Crippen LogP contribution in [0.5, 0.6) is 0 Å². The third-order valence-electron chi connectivity index (χ3n) is 7.83. The Bertz CT molecular complexity index is 1420. The zero-order chi connectivity index (χ0) is 29.5. The Hall–Kier alpha value is -4.07. The molecule has 2 atom stereocenters. The second-order valence-electron chi connectivity index (χ2n) is 10.5. The fourth-order valence-corrected chi connectivity index (χ4v) is 6.83. The van der Waals surface area contributed by atoms with Gasteiger partial charge in [-0.05, 0) is 61.6 Å². The lowest BCUT2D eigenvalue weighted by atomic mass is 9.87. The highest BCUT2D eigenvalue weighted by atomic mass is 32.2. The van der Waals surface area contributed by atoms with Crippen LogP contribution in [0.15, 0.2) is 71.3 Å². The van der Waals surface area contributed by atoms with Crippen molar-refractivity contribution >= 4 is 35.2 Å². The minimum absolute atomic E-state index is 0.0304. The normalized spacial score (nSPS) is 21.0. The molecular weight excluding hydrogens is 548 g/mol. The summed E-state index contributed by atoms with van der Waals surface area (Å²) in [7, 11) is 0. The summed E-state index contributed by atoms with van der Waals surface area (Å²) in [5.74, 6) is -0.715. The van der Waals surface area contributed by atoms with Gasteiger partial charge < -0.3 is 20.9 Å². The van der Waals surface area contributed by atoms with Crippen LogP contribution in [0.4, 0.5) is 5.69 Å². The molecular formula is C32H36N6O3S. The summed E-state index contributed by atoms with van der Waals surface area (Å²) in [6.45, 7) is 5.75. The SMILES string of the molecule is CCN1C(=O)C(CNc2ccc(C(=O)NCCN3CC=CC3)cc2)S/C1=C(/C#N)C(=O)NC1CCCc2ccccc21. The Balaban J connectivity index is 1.18. The van der Waals surface area contributed by atoms with Crippen LogP contribution >= 0.6 is 11.8 Å². The van der Waals surface area contributed by atoms with E-state index in [4.69, 9.17) is 0 Å². The lowest BCUT2D eigenvalue weighted by Crippen LogP contribution is -2.35. The Morgan fingerprint density at radius 2 is 1.86 bits per heavy atom. The first kappa shape index (κ1) is 29.4. The highest BCUT2D eigenvalue weighted by molar-refractivity contribution is 8.04. The highest BCUT2D eigenvalue weighted by Crippen LogP contribution is 2.38. The molecule has 42 heavy (non-hydrogen) atoms. The van der Waals surface area contributed by atoms with Gasteiger partial charge in [-0.25, -0.2) is 0 Å². The standard InChI is InChI=1S/C32H36N6O3S/c1-2-38-31(41)28(21-35-24-14-12-23(13-15-24)29(39)34-16-19-37-17-5-6-18-37)42-32(38)26(20-33)30(40)36-27-11-7-9-22-8-3-4-10-25(22)27/h3-6,8,10,12-15,27-28,35H,2,7,9,11,16-19,21H2,1H3,(H,34,39)(H,36,40)/b32-26-. The number of carbonyl (C=O) groups excluding carboxylic acids is 3. The van der Waals surface area contributed by atoms with Gasteiger partial charge in [0.05, 0.1) is 6.04 Å². The summed E-state index contributed by atoms with van der Waals surface area (Å²) in [4.78, 5) is 42.8. The third kappa shape index (κ3) is 6.69. The van der Waals surface area contributed by atoms with E-state index in [2.05, 4.69) is 45.1 Å². The number of nitrogens with zero attached hydrogens (tertiary/aromatic N) is 3. The minimum Gasteiger partial charge on any atom is -0.383 e. The van der Waals surface area contributed by atoms with Crippen LogP contribution in [0.3, 0.4) is 0 Å². The van der Waals surface area contributed by atoms with Crippen molar-refractivity contribution < 1.29 is 14.4 Å². The number of nitriles is 1. The molecule has 1 aliphatic carbocycles. The molecule has 1 fully saturated rings. The highest BCUT2D eigenvalue weighted by Gasteiger charge is 2.39. The molecule has 0 aromatic heterocycles. The minimum atomic E-state index is -0.491. The molecule has 9 nitrogen and oxygen atoms in total. The van der Waals surface area contributed by atoms with E-state index >= 15 is 0 Å². The van der Waals surface area contributed by atoms with Crippen LogP contribution in [-0.4, -0.2) is 72.0 Å². The molecule has 218 valence electrons. The smallest absolute Gasteiger partial charge is 0.265 e. The number of carbonyl (C=O) groups is 3. The van der Waals surface area contributed by atoms with E-state index in [0.29, 0.717) is 30.2 Å². The summed E-state index contributed by atoms with van der Waals surface area (Å²) in [6, 6.07) is 17.1. The van der Waals surface area contributed by atoms with E-state index in [-0.39, 0.29) is 23.4 Å². The summed E-state index contributed by atoms with van der Waals surface area (Å²) in [6.07, 6.45) is 7.00. The average Bonchev–Trinajstić information content (AvgIpc) is 3.64. The van der Waals surface area contributed by atoms with Gasteiger partial charge in [0.1, 0.15) is 21.9 Å². The van der Waals surface area contributed by atoms with Gasteiger partial charge in [0, 0.05) is 50.5 Å². The van der Waals surface area contributed by atoms with Crippen LogP contribution in [0.1, 0.15) is 47.3 Å². The molecule has 3 N–H and O–H groups in total. The number of hydrogen-bond acceptors (Lipinski definition) is 7. The Morgan fingerprint density at radius 3 is 2.60 bits per heavy atom. The van der Waals surface area contributed by atoms with Crippen molar-refractivity contribution in [3.05, 3.63) is 88.0 Å². The van der Waals surface area contributed by atoms with E-state index < -0.39 is 11.2 Å². The second-order valence-corrected chi connectivity index (χ2v) is 11.7. The molecule has 3 aliphatic rings. The Morgan fingerprint density at radius 1 is 1.10 bits per heavy atom. The van der Waals surface area contributed by atoms with Gasteiger partial charge in [0.25, 0.3) is 11.8 Å². The van der Waals surface area contributed by atoms with Gasteiger partial charge in [0.2, 0.25) is 5.91 Å². The van der Waals surface area contributed by atoms with Gasteiger partial charge in [-0.1, -0.05) is 48.2 Å². The first-order chi connectivity index (χ1) is 20.5. The first-order valence-electron chi connectivity index (χ1n) is 14.5. The van der Waals surface area contributed by atoms with Gasteiger partial charge >= 0.3 is 0 Å². The lowest BCUT2D eigenvalue weighted by Gasteiger charge is -2.26. The number of benzene rings is 2. The van der Waals surface area contributed by atoms with E-state index in [0.717, 1.165) is 50.1 Å². The number of hydrogen-bond donors (Lipinski definition) is 3. The van der Waals surface area contributed by atoms with E-state index in [1.807, 2.05) is 37.3 Å².